The maximum absolute atomic E-state index is 12.7. The van der Waals surface area contributed by atoms with Crippen molar-refractivity contribution in [2.45, 2.75) is 24.7 Å². The highest BCUT2D eigenvalue weighted by molar-refractivity contribution is 9.10. The van der Waals surface area contributed by atoms with E-state index in [0.717, 1.165) is 17.3 Å². The van der Waals surface area contributed by atoms with Crippen LogP contribution in [0.2, 0.25) is 5.02 Å². The largest absolute Gasteiger partial charge is 0.321 e. The van der Waals surface area contributed by atoms with Gasteiger partial charge in [-0.25, -0.2) is 8.42 Å². The smallest absolute Gasteiger partial charge is 0.255 e. The van der Waals surface area contributed by atoms with Crippen LogP contribution < -0.4 is 5.32 Å². The van der Waals surface area contributed by atoms with Crippen LogP contribution in [0.3, 0.4) is 0 Å². The third-order valence-electron chi connectivity index (χ3n) is 4.68. The minimum atomic E-state index is -3.52. The van der Waals surface area contributed by atoms with Gasteiger partial charge < -0.3 is 5.32 Å². The minimum absolute atomic E-state index is 0.204. The molecule has 5 nitrogen and oxygen atoms in total. The Balaban J connectivity index is 1.73. The first-order chi connectivity index (χ1) is 12.8. The summed E-state index contributed by atoms with van der Waals surface area (Å²) in [6.07, 6.45) is 1.74. The first-order valence-corrected chi connectivity index (χ1v) is 11.2. The molecule has 0 atom stereocenters. The van der Waals surface area contributed by atoms with Gasteiger partial charge in [-0.05, 0) is 61.2 Å². The summed E-state index contributed by atoms with van der Waals surface area (Å²) in [5, 5.41) is 3.14. The fraction of sp³-hybridized carbons (Fsp3) is 0.316. The van der Waals surface area contributed by atoms with E-state index in [4.69, 9.17) is 11.6 Å². The Labute approximate surface area is 172 Å². The zero-order valence-electron chi connectivity index (χ0n) is 14.8. The molecule has 1 aliphatic rings. The van der Waals surface area contributed by atoms with Gasteiger partial charge in [0.25, 0.3) is 5.91 Å². The molecular formula is C19H20BrClN2O3S. The Bertz CT molecular complexity index is 940. The molecule has 1 heterocycles. The number of sulfonamides is 1. The molecule has 1 fully saturated rings. The first-order valence-electron chi connectivity index (χ1n) is 8.64. The van der Waals surface area contributed by atoms with Gasteiger partial charge in [0.1, 0.15) is 0 Å². The zero-order chi connectivity index (χ0) is 19.6. The molecule has 144 valence electrons. The predicted octanol–water partition coefficient (Wildman–Crippen LogP) is 4.78. The molecule has 0 saturated carbocycles. The number of anilines is 1. The van der Waals surface area contributed by atoms with Crippen LogP contribution in [-0.4, -0.2) is 31.7 Å². The van der Waals surface area contributed by atoms with Gasteiger partial charge in [0.15, 0.2) is 0 Å². The number of nitrogens with one attached hydrogen (secondary N) is 1. The number of amides is 1. The van der Waals surface area contributed by atoms with Crippen molar-refractivity contribution in [3.63, 3.8) is 0 Å². The molecular weight excluding hydrogens is 452 g/mol. The Morgan fingerprint density at radius 2 is 1.78 bits per heavy atom. The van der Waals surface area contributed by atoms with Crippen LogP contribution in [0.4, 0.5) is 5.69 Å². The van der Waals surface area contributed by atoms with E-state index in [0.29, 0.717) is 35.3 Å². The molecule has 8 heteroatoms. The molecule has 0 aromatic heterocycles. The SMILES string of the molecule is CC1CCN(S(=O)(=O)c2ccc(C(=O)Nc3ccc(Br)cc3Cl)cc2)CC1. The van der Waals surface area contributed by atoms with E-state index in [1.54, 1.807) is 18.2 Å². The van der Waals surface area contributed by atoms with Crippen molar-refractivity contribution in [1.82, 2.24) is 4.31 Å². The molecule has 27 heavy (non-hydrogen) atoms. The van der Waals surface area contributed by atoms with Gasteiger partial charge in [-0.15, -0.1) is 0 Å². The summed E-state index contributed by atoms with van der Waals surface area (Å²) in [5.41, 5.74) is 0.851. The summed E-state index contributed by atoms with van der Waals surface area (Å²) in [5.74, 6) is 0.197. The standard InChI is InChI=1S/C19H20BrClN2O3S/c1-13-8-10-23(11-9-13)27(25,26)16-5-2-14(3-6-16)19(24)22-18-7-4-15(20)12-17(18)21/h2-7,12-13H,8-11H2,1H3,(H,22,24). The highest BCUT2D eigenvalue weighted by Crippen LogP contribution is 2.27. The number of nitrogens with zero attached hydrogens (tertiary/aromatic N) is 1. The maximum Gasteiger partial charge on any atom is 0.255 e. The summed E-state index contributed by atoms with van der Waals surface area (Å²) in [6.45, 7) is 3.21. The lowest BCUT2D eigenvalue weighted by Gasteiger charge is -2.29. The van der Waals surface area contributed by atoms with Gasteiger partial charge in [-0.1, -0.05) is 34.5 Å². The highest BCUT2D eigenvalue weighted by Gasteiger charge is 2.28. The third kappa shape index (κ3) is 4.71. The lowest BCUT2D eigenvalue weighted by molar-refractivity contribution is 0.102. The Morgan fingerprint density at radius 3 is 2.37 bits per heavy atom. The summed E-state index contributed by atoms with van der Waals surface area (Å²) in [6, 6.07) is 11.1. The van der Waals surface area contributed by atoms with Crippen molar-refractivity contribution in [2.24, 2.45) is 5.92 Å². The number of hydrogen-bond donors (Lipinski definition) is 1. The number of carbonyl (C=O) groups is 1. The zero-order valence-corrected chi connectivity index (χ0v) is 17.9. The Kier molecular flexibility index (Phi) is 6.25. The van der Waals surface area contributed by atoms with Crippen LogP contribution in [0.25, 0.3) is 0 Å². The number of carbonyl (C=O) groups excluding carboxylic acids is 1. The molecule has 2 aromatic rings. The molecule has 2 aromatic carbocycles. The second kappa shape index (κ2) is 8.31. The lowest BCUT2D eigenvalue weighted by Crippen LogP contribution is -2.37. The lowest BCUT2D eigenvalue weighted by atomic mass is 10.0. The maximum atomic E-state index is 12.7. The number of piperidine rings is 1. The molecule has 3 rings (SSSR count). The predicted molar refractivity (Wildman–Crippen MR) is 111 cm³/mol. The van der Waals surface area contributed by atoms with Crippen molar-refractivity contribution in [3.8, 4) is 0 Å². The minimum Gasteiger partial charge on any atom is -0.321 e. The monoisotopic (exact) mass is 470 g/mol. The molecule has 1 aliphatic heterocycles. The average Bonchev–Trinajstić information content (AvgIpc) is 2.64. The number of benzene rings is 2. The molecule has 0 aliphatic carbocycles. The van der Waals surface area contributed by atoms with E-state index in [1.807, 2.05) is 0 Å². The van der Waals surface area contributed by atoms with E-state index in [1.165, 1.54) is 28.6 Å². The van der Waals surface area contributed by atoms with Crippen molar-refractivity contribution in [1.29, 1.82) is 0 Å². The molecule has 1 saturated heterocycles. The van der Waals surface area contributed by atoms with Crippen LogP contribution in [0.1, 0.15) is 30.1 Å². The van der Waals surface area contributed by atoms with Gasteiger partial charge in [0.2, 0.25) is 10.0 Å². The normalized spacial score (nSPS) is 16.3. The molecule has 0 bridgehead atoms. The summed E-state index contributed by atoms with van der Waals surface area (Å²) in [4.78, 5) is 12.6. The van der Waals surface area contributed by atoms with Crippen molar-refractivity contribution < 1.29 is 13.2 Å². The topological polar surface area (TPSA) is 66.5 Å². The summed E-state index contributed by atoms with van der Waals surface area (Å²) < 4.78 is 27.8. The fourth-order valence-corrected chi connectivity index (χ4v) is 5.13. The van der Waals surface area contributed by atoms with Gasteiger partial charge in [-0.3, -0.25) is 4.79 Å². The highest BCUT2D eigenvalue weighted by atomic mass is 79.9. The first kappa shape index (κ1) is 20.3. The van der Waals surface area contributed by atoms with Crippen molar-refractivity contribution >= 4 is 49.1 Å². The van der Waals surface area contributed by atoms with E-state index in [2.05, 4.69) is 28.2 Å². The van der Waals surface area contributed by atoms with E-state index >= 15 is 0 Å². The molecule has 1 amide bonds. The number of hydrogen-bond acceptors (Lipinski definition) is 3. The van der Waals surface area contributed by atoms with Crippen LogP contribution in [0.5, 0.6) is 0 Å². The molecule has 1 N–H and O–H groups in total. The van der Waals surface area contributed by atoms with Crippen LogP contribution in [0.15, 0.2) is 51.8 Å². The van der Waals surface area contributed by atoms with Gasteiger partial charge >= 0.3 is 0 Å². The van der Waals surface area contributed by atoms with Gasteiger partial charge in [-0.2, -0.15) is 4.31 Å². The second-order valence-electron chi connectivity index (χ2n) is 6.69. The molecule has 0 radical (unpaired) electrons. The molecule has 0 spiro atoms. The quantitative estimate of drug-likeness (QED) is 0.698. The van der Waals surface area contributed by atoms with Crippen molar-refractivity contribution in [2.75, 3.05) is 18.4 Å². The number of halogens is 2. The van der Waals surface area contributed by atoms with E-state index in [-0.39, 0.29) is 10.8 Å². The Morgan fingerprint density at radius 1 is 1.15 bits per heavy atom. The summed E-state index contributed by atoms with van der Waals surface area (Å²) in [7, 11) is -3.52. The van der Waals surface area contributed by atoms with Crippen LogP contribution in [-0.2, 0) is 10.0 Å². The third-order valence-corrected chi connectivity index (χ3v) is 7.40. The van der Waals surface area contributed by atoms with Crippen LogP contribution >= 0.6 is 27.5 Å². The van der Waals surface area contributed by atoms with E-state index < -0.39 is 10.0 Å². The van der Waals surface area contributed by atoms with Gasteiger partial charge in [0, 0.05) is 23.1 Å². The molecule has 0 unspecified atom stereocenters. The van der Waals surface area contributed by atoms with Gasteiger partial charge in [0.05, 0.1) is 15.6 Å². The second-order valence-corrected chi connectivity index (χ2v) is 9.95. The Hall–Kier alpha value is -1.41. The fourth-order valence-electron chi connectivity index (χ4n) is 2.94. The van der Waals surface area contributed by atoms with E-state index in [9.17, 15) is 13.2 Å². The number of rotatable bonds is 4. The van der Waals surface area contributed by atoms with Crippen LogP contribution in [0, 0.1) is 5.92 Å². The summed E-state index contributed by atoms with van der Waals surface area (Å²) >= 11 is 9.42. The average molecular weight is 472 g/mol. The van der Waals surface area contributed by atoms with Crippen molar-refractivity contribution in [3.05, 3.63) is 57.5 Å².